The molecule has 2 aliphatic heterocycles. The summed E-state index contributed by atoms with van der Waals surface area (Å²) in [7, 11) is 2.00. The summed E-state index contributed by atoms with van der Waals surface area (Å²) in [5.41, 5.74) is 3.91. The summed E-state index contributed by atoms with van der Waals surface area (Å²) in [6.45, 7) is 2.96. The zero-order chi connectivity index (χ0) is 39.0. The molecule has 0 bridgehead atoms. The van der Waals surface area contributed by atoms with Gasteiger partial charge in [0.15, 0.2) is 5.82 Å². The molecule has 292 valence electrons. The summed E-state index contributed by atoms with van der Waals surface area (Å²) in [6.07, 6.45) is 5.35. The molecule has 1 unspecified atom stereocenters. The summed E-state index contributed by atoms with van der Waals surface area (Å²) in [5.74, 6) is -2.52. The Morgan fingerprint density at radius 2 is 1.39 bits per heavy atom. The number of carbonyl (C=O) groups excluding carboxylic acids is 4. The molecule has 5 heterocycles. The average Bonchev–Trinajstić information content (AvgIpc) is 3.62. The van der Waals surface area contributed by atoms with Crippen LogP contribution in [-0.4, -0.2) is 115 Å². The van der Waals surface area contributed by atoms with Crippen LogP contribution >= 0.6 is 0 Å². The molecule has 56 heavy (non-hydrogen) atoms. The van der Waals surface area contributed by atoms with Crippen LogP contribution < -0.4 is 14.8 Å². The summed E-state index contributed by atoms with van der Waals surface area (Å²) < 4.78 is 50.1. The van der Waals surface area contributed by atoms with E-state index in [1.54, 1.807) is 18.5 Å². The van der Waals surface area contributed by atoms with Gasteiger partial charge in [0.2, 0.25) is 17.7 Å². The van der Waals surface area contributed by atoms with Crippen molar-refractivity contribution in [3.8, 4) is 22.8 Å². The van der Waals surface area contributed by atoms with Crippen LogP contribution in [0.2, 0.25) is 0 Å². The van der Waals surface area contributed by atoms with Crippen molar-refractivity contribution in [2.24, 2.45) is 7.05 Å². The van der Waals surface area contributed by atoms with E-state index in [1.165, 1.54) is 18.2 Å². The Bertz CT molecular complexity index is 2260. The molecule has 0 saturated carbocycles. The molecule has 1 saturated heterocycles. The number of pyridine rings is 2. The van der Waals surface area contributed by atoms with Crippen molar-refractivity contribution < 1.29 is 52.0 Å². The molecule has 0 radical (unpaired) electrons. The van der Waals surface area contributed by atoms with E-state index in [0.717, 1.165) is 32.3 Å². The normalized spacial score (nSPS) is 15.5. The molecular weight excluding hydrogens is 729 g/mol. The van der Waals surface area contributed by atoms with Crippen LogP contribution in [0, 0.1) is 5.82 Å². The van der Waals surface area contributed by atoms with Crippen LogP contribution in [0.25, 0.3) is 32.9 Å². The van der Waals surface area contributed by atoms with Crippen molar-refractivity contribution in [3.05, 3.63) is 84.1 Å². The lowest BCUT2D eigenvalue weighted by Gasteiger charge is -2.27. The van der Waals surface area contributed by atoms with Gasteiger partial charge in [-0.25, -0.2) is 9.37 Å². The SMILES string of the molecule is Cn1c2ccncc2c2ccc(-c3cnc(OCCOCCOCCOCCOCCOc4ccc5c(c4)C(=O)N(C4CCC(=O)NC4=O)C5=O)c(F)c3)cc21. The maximum Gasteiger partial charge on any atom is 0.262 e. The van der Waals surface area contributed by atoms with Crippen molar-refractivity contribution >= 4 is 45.4 Å². The number of aryl methyl sites for hydroxylation is 1. The number of amides is 4. The predicted molar refractivity (Wildman–Crippen MR) is 199 cm³/mol. The van der Waals surface area contributed by atoms with Crippen molar-refractivity contribution in [2.75, 3.05) is 66.1 Å². The van der Waals surface area contributed by atoms with E-state index >= 15 is 0 Å². The van der Waals surface area contributed by atoms with Crippen molar-refractivity contribution in [2.45, 2.75) is 18.9 Å². The number of benzene rings is 2. The first-order valence-corrected chi connectivity index (χ1v) is 18.2. The second kappa shape index (κ2) is 17.8. The molecular formula is C40H40FN5O10. The maximum absolute atomic E-state index is 14.8. The molecule has 15 nitrogen and oxygen atoms in total. The zero-order valence-corrected chi connectivity index (χ0v) is 30.7. The largest absolute Gasteiger partial charge is 0.491 e. The van der Waals surface area contributed by atoms with Crippen molar-refractivity contribution in [1.29, 1.82) is 0 Å². The van der Waals surface area contributed by atoms with Gasteiger partial charge in [-0.3, -0.25) is 34.4 Å². The van der Waals surface area contributed by atoms with Crippen LogP contribution in [0.4, 0.5) is 4.39 Å². The monoisotopic (exact) mass is 769 g/mol. The number of ether oxygens (including phenoxy) is 6. The number of aromatic nitrogens is 3. The van der Waals surface area contributed by atoms with Crippen LogP contribution in [-0.2, 0) is 35.6 Å². The second-order valence-electron chi connectivity index (χ2n) is 13.0. The van der Waals surface area contributed by atoms with E-state index in [9.17, 15) is 23.6 Å². The highest BCUT2D eigenvalue weighted by atomic mass is 19.1. The Balaban J connectivity index is 0.704. The number of fused-ring (bicyclic) bond motifs is 4. The zero-order valence-electron chi connectivity index (χ0n) is 30.7. The Kier molecular flexibility index (Phi) is 12.2. The molecule has 1 N–H and O–H groups in total. The van der Waals surface area contributed by atoms with Gasteiger partial charge in [-0.05, 0) is 48.4 Å². The van der Waals surface area contributed by atoms with Crippen LogP contribution in [0.15, 0.2) is 67.1 Å². The number of nitrogens with zero attached hydrogens (tertiary/aromatic N) is 4. The minimum atomic E-state index is -1.02. The van der Waals surface area contributed by atoms with Gasteiger partial charge in [0.05, 0.1) is 69.5 Å². The average molecular weight is 770 g/mol. The number of imide groups is 2. The molecule has 7 rings (SSSR count). The fraction of sp³-hybridized carbons (Fsp3) is 0.350. The van der Waals surface area contributed by atoms with Gasteiger partial charge in [-0.15, -0.1) is 0 Å². The van der Waals surface area contributed by atoms with Crippen LogP contribution in [0.3, 0.4) is 0 Å². The number of halogens is 1. The molecule has 0 aliphatic carbocycles. The van der Waals surface area contributed by atoms with E-state index in [1.807, 2.05) is 37.5 Å². The summed E-state index contributed by atoms with van der Waals surface area (Å²) in [6, 6.07) is 12.9. The molecule has 2 aromatic carbocycles. The Morgan fingerprint density at radius 1 is 0.714 bits per heavy atom. The Hall–Kier alpha value is -5.81. The van der Waals surface area contributed by atoms with E-state index < -0.39 is 35.5 Å². The fourth-order valence-electron chi connectivity index (χ4n) is 6.64. The lowest BCUT2D eigenvalue weighted by Crippen LogP contribution is -2.54. The third kappa shape index (κ3) is 8.53. The first kappa shape index (κ1) is 38.5. The molecule has 3 aromatic heterocycles. The number of hydrogen-bond donors (Lipinski definition) is 1. The lowest BCUT2D eigenvalue weighted by molar-refractivity contribution is -0.136. The van der Waals surface area contributed by atoms with Gasteiger partial charge in [0.1, 0.15) is 25.0 Å². The number of rotatable bonds is 19. The standard InChI is InChI=1S/C40H40FN5O10/c1-45-33-8-9-42-24-31(33)28-4-2-25(21-35(28)45)26-20-32(41)38(43-23-26)56-19-17-54-15-13-52-11-10-51-12-14-53-16-18-55-27-3-5-29-30(22-27)40(50)46(39(29)49)34-6-7-36(47)44-37(34)48/h2-5,8-9,20-24,34H,6-7,10-19H2,1H3,(H,44,47,48). The number of hydrogen-bond acceptors (Lipinski definition) is 12. The topological polar surface area (TPSA) is 170 Å². The molecule has 2 aliphatic rings. The van der Waals surface area contributed by atoms with Gasteiger partial charge in [-0.1, -0.05) is 12.1 Å². The molecule has 5 aromatic rings. The van der Waals surface area contributed by atoms with Crippen molar-refractivity contribution in [3.63, 3.8) is 0 Å². The highest BCUT2D eigenvalue weighted by molar-refractivity contribution is 6.23. The summed E-state index contributed by atoms with van der Waals surface area (Å²) in [5, 5.41) is 4.32. The van der Waals surface area contributed by atoms with Crippen LogP contribution in [0.1, 0.15) is 33.6 Å². The van der Waals surface area contributed by atoms with Gasteiger partial charge in [0, 0.05) is 53.9 Å². The maximum atomic E-state index is 14.8. The third-order valence-electron chi connectivity index (χ3n) is 9.44. The number of carbonyl (C=O) groups is 4. The fourth-order valence-corrected chi connectivity index (χ4v) is 6.64. The smallest absolute Gasteiger partial charge is 0.262 e. The Morgan fingerprint density at radius 3 is 2.09 bits per heavy atom. The van der Waals surface area contributed by atoms with Gasteiger partial charge in [-0.2, -0.15) is 0 Å². The summed E-state index contributed by atoms with van der Waals surface area (Å²) >= 11 is 0. The minimum Gasteiger partial charge on any atom is -0.491 e. The molecule has 1 atom stereocenters. The van der Waals surface area contributed by atoms with E-state index in [4.69, 9.17) is 28.4 Å². The number of piperidine rings is 1. The minimum absolute atomic E-state index is 0.0532. The van der Waals surface area contributed by atoms with E-state index in [0.29, 0.717) is 51.0 Å². The highest BCUT2D eigenvalue weighted by Gasteiger charge is 2.44. The molecule has 1 fully saturated rings. The first-order valence-electron chi connectivity index (χ1n) is 18.2. The van der Waals surface area contributed by atoms with Crippen LogP contribution in [0.5, 0.6) is 11.6 Å². The third-order valence-corrected chi connectivity index (χ3v) is 9.44. The predicted octanol–water partition coefficient (Wildman–Crippen LogP) is 3.85. The summed E-state index contributed by atoms with van der Waals surface area (Å²) in [4.78, 5) is 58.8. The molecule has 16 heteroatoms. The lowest BCUT2D eigenvalue weighted by atomic mass is 10.0. The van der Waals surface area contributed by atoms with Gasteiger partial charge < -0.3 is 33.0 Å². The van der Waals surface area contributed by atoms with E-state index in [-0.39, 0.29) is 56.3 Å². The van der Waals surface area contributed by atoms with Gasteiger partial charge in [0.25, 0.3) is 11.8 Å². The quantitative estimate of drug-likeness (QED) is 0.0953. The van der Waals surface area contributed by atoms with Crippen molar-refractivity contribution in [1.82, 2.24) is 24.8 Å². The van der Waals surface area contributed by atoms with E-state index in [2.05, 4.69) is 19.9 Å². The first-order chi connectivity index (χ1) is 27.3. The van der Waals surface area contributed by atoms with Gasteiger partial charge >= 0.3 is 0 Å². The second-order valence-corrected chi connectivity index (χ2v) is 13.0. The Labute approximate surface area is 320 Å². The molecule has 4 amide bonds. The highest BCUT2D eigenvalue weighted by Crippen LogP contribution is 2.33. The molecule has 0 spiro atoms. The number of nitrogens with one attached hydrogen (secondary N) is 1.